The summed E-state index contributed by atoms with van der Waals surface area (Å²) in [6, 6.07) is 9.54. The van der Waals surface area contributed by atoms with Crippen LogP contribution in [0.15, 0.2) is 24.3 Å². The van der Waals surface area contributed by atoms with E-state index in [1.54, 1.807) is 0 Å². The Labute approximate surface area is 112 Å². The summed E-state index contributed by atoms with van der Waals surface area (Å²) in [5.74, 6) is 1.77. The number of hydrogen-bond donors (Lipinski definition) is 1. The second kappa shape index (κ2) is 6.38. The zero-order valence-electron chi connectivity index (χ0n) is 12.1. The minimum Gasteiger partial charge on any atom is -0.310 e. The average Bonchev–Trinajstić information content (AvgIpc) is 2.77. The first-order chi connectivity index (χ1) is 8.76. The summed E-state index contributed by atoms with van der Waals surface area (Å²) in [7, 11) is 0. The van der Waals surface area contributed by atoms with E-state index >= 15 is 0 Å². The van der Waals surface area contributed by atoms with E-state index in [0.717, 1.165) is 30.8 Å². The minimum atomic E-state index is 0.722. The highest BCUT2D eigenvalue weighted by Crippen LogP contribution is 2.34. The predicted octanol–water partition coefficient (Wildman–Crippen LogP) is 4.16. The lowest BCUT2D eigenvalue weighted by Crippen LogP contribution is -2.32. The maximum absolute atomic E-state index is 3.79. The third kappa shape index (κ3) is 2.95. The van der Waals surface area contributed by atoms with Gasteiger partial charge in [-0.3, -0.25) is 0 Å². The summed E-state index contributed by atoms with van der Waals surface area (Å²) in [6.45, 7) is 8.03. The highest BCUT2D eigenvalue weighted by Gasteiger charge is 2.30. The van der Waals surface area contributed by atoms with E-state index in [1.165, 1.54) is 30.4 Å². The Balaban J connectivity index is 1.92. The fraction of sp³-hybridized carbons (Fsp3) is 0.647. The van der Waals surface area contributed by atoms with E-state index in [9.17, 15) is 0 Å². The molecular weight excluding hydrogens is 218 g/mol. The summed E-state index contributed by atoms with van der Waals surface area (Å²) in [5.41, 5.74) is 2.97. The first-order valence-electron chi connectivity index (χ1n) is 7.56. The van der Waals surface area contributed by atoms with E-state index in [0.29, 0.717) is 0 Å². The molecule has 1 N–H and O–H groups in total. The van der Waals surface area contributed by atoms with Crippen molar-refractivity contribution >= 4 is 0 Å². The topological polar surface area (TPSA) is 12.0 Å². The molecule has 1 aliphatic carbocycles. The second-order valence-corrected chi connectivity index (χ2v) is 5.71. The van der Waals surface area contributed by atoms with Gasteiger partial charge in [0.25, 0.3) is 0 Å². The van der Waals surface area contributed by atoms with Crippen molar-refractivity contribution in [3.05, 3.63) is 35.4 Å². The molecule has 3 atom stereocenters. The van der Waals surface area contributed by atoms with Crippen molar-refractivity contribution in [2.24, 2.45) is 11.8 Å². The molecule has 1 nitrogen and oxygen atoms in total. The Morgan fingerprint density at radius 3 is 2.44 bits per heavy atom. The Bertz CT molecular complexity index is 372. The van der Waals surface area contributed by atoms with Gasteiger partial charge in [0.15, 0.2) is 0 Å². The summed E-state index contributed by atoms with van der Waals surface area (Å²) in [6.07, 6.45) is 5.24. The van der Waals surface area contributed by atoms with E-state index < -0.39 is 0 Å². The van der Waals surface area contributed by atoms with Crippen LogP contribution in [0.2, 0.25) is 0 Å². The van der Waals surface area contributed by atoms with Crippen molar-refractivity contribution in [2.75, 3.05) is 0 Å². The average molecular weight is 245 g/mol. The van der Waals surface area contributed by atoms with Crippen molar-refractivity contribution in [3.63, 3.8) is 0 Å². The van der Waals surface area contributed by atoms with E-state index in [2.05, 4.69) is 50.4 Å². The molecule has 0 radical (unpaired) electrons. The van der Waals surface area contributed by atoms with Crippen LogP contribution < -0.4 is 5.32 Å². The SMILES string of the molecule is CCc1ccccc1CNC1CCC(CC)C1C. The van der Waals surface area contributed by atoms with Crippen LogP contribution in [0.1, 0.15) is 51.2 Å². The lowest BCUT2D eigenvalue weighted by molar-refractivity contribution is 0.344. The van der Waals surface area contributed by atoms with Gasteiger partial charge < -0.3 is 5.32 Å². The first kappa shape index (κ1) is 13.6. The van der Waals surface area contributed by atoms with Crippen LogP contribution in [0.3, 0.4) is 0 Å². The summed E-state index contributed by atoms with van der Waals surface area (Å²) >= 11 is 0. The van der Waals surface area contributed by atoms with Gasteiger partial charge in [-0.25, -0.2) is 0 Å². The fourth-order valence-corrected chi connectivity index (χ4v) is 3.43. The predicted molar refractivity (Wildman–Crippen MR) is 78.6 cm³/mol. The Kier molecular flexibility index (Phi) is 4.82. The highest BCUT2D eigenvalue weighted by atomic mass is 14.9. The molecule has 0 heterocycles. The van der Waals surface area contributed by atoms with Crippen molar-refractivity contribution in [3.8, 4) is 0 Å². The number of benzene rings is 1. The molecule has 0 aliphatic heterocycles. The van der Waals surface area contributed by atoms with Crippen LogP contribution in [0.4, 0.5) is 0 Å². The van der Waals surface area contributed by atoms with Crippen molar-refractivity contribution in [2.45, 2.75) is 59.0 Å². The van der Waals surface area contributed by atoms with Gasteiger partial charge in [0.05, 0.1) is 0 Å². The second-order valence-electron chi connectivity index (χ2n) is 5.71. The van der Waals surface area contributed by atoms with Crippen molar-refractivity contribution < 1.29 is 0 Å². The van der Waals surface area contributed by atoms with Crippen LogP contribution in [0, 0.1) is 11.8 Å². The molecule has 1 aliphatic rings. The Hall–Kier alpha value is -0.820. The highest BCUT2D eigenvalue weighted by molar-refractivity contribution is 5.26. The van der Waals surface area contributed by atoms with Gasteiger partial charge in [0, 0.05) is 12.6 Å². The van der Waals surface area contributed by atoms with Crippen LogP contribution >= 0.6 is 0 Å². The molecule has 1 saturated carbocycles. The monoisotopic (exact) mass is 245 g/mol. The van der Waals surface area contributed by atoms with E-state index in [1.807, 2.05) is 0 Å². The standard InChI is InChI=1S/C17H27N/c1-4-14-10-11-17(13(14)3)18-12-16-9-7-6-8-15(16)5-2/h6-9,13-14,17-18H,4-5,10-12H2,1-3H3. The number of aryl methyl sites for hydroxylation is 1. The maximum atomic E-state index is 3.79. The molecule has 1 heteroatoms. The summed E-state index contributed by atoms with van der Waals surface area (Å²) in [4.78, 5) is 0. The molecule has 0 amide bonds. The molecule has 0 aromatic heterocycles. The van der Waals surface area contributed by atoms with Gasteiger partial charge in [-0.1, -0.05) is 51.5 Å². The molecule has 0 bridgehead atoms. The Morgan fingerprint density at radius 1 is 1.11 bits per heavy atom. The first-order valence-corrected chi connectivity index (χ1v) is 7.56. The van der Waals surface area contributed by atoms with Gasteiger partial charge in [-0.2, -0.15) is 0 Å². The lowest BCUT2D eigenvalue weighted by atomic mass is 9.93. The molecule has 100 valence electrons. The lowest BCUT2D eigenvalue weighted by Gasteiger charge is -2.21. The molecule has 1 fully saturated rings. The minimum absolute atomic E-state index is 0.722. The third-order valence-electron chi connectivity index (χ3n) is 4.81. The number of rotatable bonds is 5. The Morgan fingerprint density at radius 2 is 1.83 bits per heavy atom. The van der Waals surface area contributed by atoms with Gasteiger partial charge >= 0.3 is 0 Å². The molecule has 2 rings (SSSR count). The van der Waals surface area contributed by atoms with Crippen LogP contribution in [-0.2, 0) is 13.0 Å². The molecule has 3 unspecified atom stereocenters. The zero-order valence-corrected chi connectivity index (χ0v) is 12.1. The van der Waals surface area contributed by atoms with Crippen LogP contribution in [0.5, 0.6) is 0 Å². The zero-order chi connectivity index (χ0) is 13.0. The number of nitrogens with one attached hydrogen (secondary N) is 1. The van der Waals surface area contributed by atoms with Crippen molar-refractivity contribution in [1.82, 2.24) is 5.32 Å². The third-order valence-corrected chi connectivity index (χ3v) is 4.81. The smallest absolute Gasteiger partial charge is 0.0210 e. The number of hydrogen-bond acceptors (Lipinski definition) is 1. The van der Waals surface area contributed by atoms with E-state index in [4.69, 9.17) is 0 Å². The van der Waals surface area contributed by atoms with Crippen molar-refractivity contribution in [1.29, 1.82) is 0 Å². The molecule has 18 heavy (non-hydrogen) atoms. The van der Waals surface area contributed by atoms with Crippen LogP contribution in [0.25, 0.3) is 0 Å². The largest absolute Gasteiger partial charge is 0.310 e. The molecule has 1 aromatic rings. The fourth-order valence-electron chi connectivity index (χ4n) is 3.43. The van der Waals surface area contributed by atoms with Gasteiger partial charge in [-0.05, 0) is 42.2 Å². The van der Waals surface area contributed by atoms with E-state index in [-0.39, 0.29) is 0 Å². The molecule has 0 saturated heterocycles. The summed E-state index contributed by atoms with van der Waals surface area (Å²) < 4.78 is 0. The quantitative estimate of drug-likeness (QED) is 0.821. The maximum Gasteiger partial charge on any atom is 0.0210 e. The normalized spacial score (nSPS) is 27.6. The van der Waals surface area contributed by atoms with Gasteiger partial charge in [0.2, 0.25) is 0 Å². The van der Waals surface area contributed by atoms with Gasteiger partial charge in [-0.15, -0.1) is 0 Å². The molecule has 0 spiro atoms. The molecule has 1 aromatic carbocycles. The molecular formula is C17H27N. The van der Waals surface area contributed by atoms with Crippen LogP contribution in [-0.4, -0.2) is 6.04 Å². The summed E-state index contributed by atoms with van der Waals surface area (Å²) in [5, 5.41) is 3.79. The van der Waals surface area contributed by atoms with Gasteiger partial charge in [0.1, 0.15) is 0 Å².